The molecule has 5 nitrogen and oxygen atoms in total. The Morgan fingerprint density at radius 1 is 1.07 bits per heavy atom. The summed E-state index contributed by atoms with van der Waals surface area (Å²) in [4.78, 5) is 27.0. The Balaban J connectivity index is 2.02. The van der Waals surface area contributed by atoms with Crippen LogP contribution in [0.15, 0.2) is 48.5 Å². The highest BCUT2D eigenvalue weighted by Gasteiger charge is 2.25. The number of carbonyl (C=O) groups excluding carboxylic acids is 2. The fourth-order valence-electron chi connectivity index (χ4n) is 2.86. The molecule has 0 saturated heterocycles. The lowest BCUT2D eigenvalue weighted by Gasteiger charge is -2.28. The molecule has 0 bridgehead atoms. The molecule has 0 spiro atoms. The quantitative estimate of drug-likeness (QED) is 0.643. The number of amides is 2. The van der Waals surface area contributed by atoms with Gasteiger partial charge >= 0.3 is 0 Å². The Bertz CT molecular complexity index is 791. The van der Waals surface area contributed by atoms with Gasteiger partial charge in [0.2, 0.25) is 11.8 Å². The van der Waals surface area contributed by atoms with Gasteiger partial charge in [0.25, 0.3) is 0 Å². The Morgan fingerprint density at radius 3 is 2.28 bits per heavy atom. The SMILES string of the molecule is CCNC(=O)[C@@H](C)N(Cc1ccc(C)cc1)C(=O)CSCc1ccc(OC)cc1. The maximum Gasteiger partial charge on any atom is 0.242 e. The third-order valence-corrected chi connectivity index (χ3v) is 5.63. The molecule has 1 atom stereocenters. The first-order chi connectivity index (χ1) is 13.9. The first kappa shape index (κ1) is 22.8. The number of rotatable bonds is 10. The van der Waals surface area contributed by atoms with E-state index in [1.54, 1.807) is 30.7 Å². The molecular formula is C23H30N2O3S. The summed E-state index contributed by atoms with van der Waals surface area (Å²) in [5, 5.41) is 2.82. The van der Waals surface area contributed by atoms with E-state index in [9.17, 15) is 9.59 Å². The van der Waals surface area contributed by atoms with Crippen LogP contribution in [0.25, 0.3) is 0 Å². The average Bonchev–Trinajstić information content (AvgIpc) is 2.73. The predicted molar refractivity (Wildman–Crippen MR) is 119 cm³/mol. The van der Waals surface area contributed by atoms with Crippen LogP contribution in [0.1, 0.15) is 30.5 Å². The molecule has 0 aliphatic heterocycles. The molecule has 0 radical (unpaired) electrons. The number of likely N-dealkylation sites (N-methyl/N-ethyl adjacent to an activating group) is 1. The van der Waals surface area contributed by atoms with Gasteiger partial charge in [-0.15, -0.1) is 11.8 Å². The summed E-state index contributed by atoms with van der Waals surface area (Å²) >= 11 is 1.55. The molecule has 1 N–H and O–H groups in total. The van der Waals surface area contributed by atoms with Gasteiger partial charge in [0.05, 0.1) is 12.9 Å². The summed E-state index contributed by atoms with van der Waals surface area (Å²) in [6.07, 6.45) is 0. The summed E-state index contributed by atoms with van der Waals surface area (Å²) in [7, 11) is 1.64. The number of aryl methyl sites for hydroxylation is 1. The third-order valence-electron chi connectivity index (χ3n) is 4.65. The summed E-state index contributed by atoms with van der Waals surface area (Å²) in [6, 6.07) is 15.4. The first-order valence-corrected chi connectivity index (χ1v) is 10.9. The van der Waals surface area contributed by atoms with E-state index in [0.29, 0.717) is 18.8 Å². The number of nitrogens with zero attached hydrogens (tertiary/aromatic N) is 1. The number of carbonyl (C=O) groups is 2. The molecule has 0 aliphatic rings. The molecule has 29 heavy (non-hydrogen) atoms. The molecule has 0 unspecified atom stereocenters. The lowest BCUT2D eigenvalue weighted by molar-refractivity contribution is -0.138. The highest BCUT2D eigenvalue weighted by atomic mass is 32.2. The highest BCUT2D eigenvalue weighted by Crippen LogP contribution is 2.18. The van der Waals surface area contributed by atoms with Gasteiger partial charge in [-0.3, -0.25) is 9.59 Å². The van der Waals surface area contributed by atoms with Crippen molar-refractivity contribution in [2.24, 2.45) is 0 Å². The summed E-state index contributed by atoms with van der Waals surface area (Å²) in [5.74, 6) is 1.69. The van der Waals surface area contributed by atoms with Crippen LogP contribution in [0.2, 0.25) is 0 Å². The van der Waals surface area contributed by atoms with Crippen LogP contribution in [-0.2, 0) is 21.9 Å². The second-order valence-corrected chi connectivity index (χ2v) is 7.90. The number of ether oxygens (including phenoxy) is 1. The zero-order chi connectivity index (χ0) is 21.2. The molecule has 0 saturated carbocycles. The van der Waals surface area contributed by atoms with E-state index in [-0.39, 0.29) is 11.8 Å². The Labute approximate surface area is 177 Å². The molecule has 156 valence electrons. The minimum Gasteiger partial charge on any atom is -0.497 e. The van der Waals surface area contributed by atoms with Crippen LogP contribution < -0.4 is 10.1 Å². The molecular weight excluding hydrogens is 384 g/mol. The topological polar surface area (TPSA) is 58.6 Å². The van der Waals surface area contributed by atoms with Crippen molar-refractivity contribution in [1.29, 1.82) is 0 Å². The van der Waals surface area contributed by atoms with Gasteiger partial charge in [-0.25, -0.2) is 0 Å². The highest BCUT2D eigenvalue weighted by molar-refractivity contribution is 7.99. The maximum absolute atomic E-state index is 13.0. The zero-order valence-corrected chi connectivity index (χ0v) is 18.4. The standard InChI is InChI=1S/C23H30N2O3S/c1-5-24-23(27)18(3)25(14-19-8-6-17(2)7-9-19)22(26)16-29-15-20-10-12-21(28-4)13-11-20/h6-13,18H,5,14-16H2,1-4H3,(H,24,27)/t18-/m1/s1. The number of nitrogens with one attached hydrogen (secondary N) is 1. The van der Waals surface area contributed by atoms with Crippen LogP contribution in [0.5, 0.6) is 5.75 Å². The van der Waals surface area contributed by atoms with Crippen molar-refractivity contribution in [2.45, 2.75) is 39.1 Å². The number of methoxy groups -OCH3 is 1. The normalized spacial score (nSPS) is 11.6. The lowest BCUT2D eigenvalue weighted by atomic mass is 10.1. The predicted octanol–water partition coefficient (Wildman–Crippen LogP) is 3.79. The maximum atomic E-state index is 13.0. The van der Waals surface area contributed by atoms with Gasteiger partial charge in [-0.05, 0) is 44.0 Å². The largest absolute Gasteiger partial charge is 0.497 e. The van der Waals surface area contributed by atoms with Crippen molar-refractivity contribution in [3.63, 3.8) is 0 Å². The molecule has 2 aromatic rings. The molecule has 0 heterocycles. The third kappa shape index (κ3) is 7.13. The van der Waals surface area contributed by atoms with Gasteiger partial charge in [0.15, 0.2) is 0 Å². The van der Waals surface area contributed by atoms with Crippen LogP contribution in [-0.4, -0.2) is 42.2 Å². The van der Waals surface area contributed by atoms with E-state index in [0.717, 1.165) is 22.6 Å². The summed E-state index contributed by atoms with van der Waals surface area (Å²) < 4.78 is 5.17. The molecule has 2 aromatic carbocycles. The summed E-state index contributed by atoms with van der Waals surface area (Å²) in [6.45, 7) is 6.65. The lowest BCUT2D eigenvalue weighted by Crippen LogP contribution is -2.48. The Hall–Kier alpha value is -2.47. The molecule has 0 aromatic heterocycles. The van der Waals surface area contributed by atoms with Crippen molar-refractivity contribution >= 4 is 23.6 Å². The van der Waals surface area contributed by atoms with E-state index in [1.807, 2.05) is 62.4 Å². The number of thioether (sulfide) groups is 1. The number of hydrogen-bond acceptors (Lipinski definition) is 4. The Kier molecular flexibility index (Phi) is 9.06. The van der Waals surface area contributed by atoms with E-state index in [4.69, 9.17) is 4.74 Å². The fourth-order valence-corrected chi connectivity index (χ4v) is 3.73. The molecule has 2 amide bonds. The second kappa shape index (κ2) is 11.5. The smallest absolute Gasteiger partial charge is 0.242 e. The Morgan fingerprint density at radius 2 is 1.69 bits per heavy atom. The minimum atomic E-state index is -0.523. The monoisotopic (exact) mass is 414 g/mol. The fraction of sp³-hybridized carbons (Fsp3) is 0.391. The van der Waals surface area contributed by atoms with E-state index in [1.165, 1.54) is 5.56 Å². The summed E-state index contributed by atoms with van der Waals surface area (Å²) in [5.41, 5.74) is 3.31. The van der Waals surface area contributed by atoms with Crippen molar-refractivity contribution in [1.82, 2.24) is 10.2 Å². The van der Waals surface area contributed by atoms with E-state index >= 15 is 0 Å². The average molecular weight is 415 g/mol. The minimum absolute atomic E-state index is 0.0390. The van der Waals surface area contributed by atoms with Gasteiger partial charge in [0.1, 0.15) is 11.8 Å². The van der Waals surface area contributed by atoms with Gasteiger partial charge < -0.3 is 15.0 Å². The zero-order valence-electron chi connectivity index (χ0n) is 17.6. The first-order valence-electron chi connectivity index (χ1n) is 9.78. The van der Waals surface area contributed by atoms with Gasteiger partial charge in [-0.1, -0.05) is 42.0 Å². The van der Waals surface area contributed by atoms with Crippen LogP contribution in [0, 0.1) is 6.92 Å². The van der Waals surface area contributed by atoms with E-state index in [2.05, 4.69) is 5.32 Å². The number of hydrogen-bond donors (Lipinski definition) is 1. The second-order valence-electron chi connectivity index (χ2n) is 6.92. The number of benzene rings is 2. The van der Waals surface area contributed by atoms with Crippen molar-refractivity contribution in [2.75, 3.05) is 19.4 Å². The van der Waals surface area contributed by atoms with Crippen LogP contribution in [0.3, 0.4) is 0 Å². The van der Waals surface area contributed by atoms with Crippen LogP contribution in [0.4, 0.5) is 0 Å². The van der Waals surface area contributed by atoms with Gasteiger partial charge in [-0.2, -0.15) is 0 Å². The van der Waals surface area contributed by atoms with Crippen molar-refractivity contribution < 1.29 is 14.3 Å². The molecule has 0 fully saturated rings. The van der Waals surface area contributed by atoms with Crippen molar-refractivity contribution in [3.8, 4) is 5.75 Å². The van der Waals surface area contributed by atoms with Crippen molar-refractivity contribution in [3.05, 3.63) is 65.2 Å². The van der Waals surface area contributed by atoms with Crippen LogP contribution >= 0.6 is 11.8 Å². The molecule has 0 aliphatic carbocycles. The van der Waals surface area contributed by atoms with Gasteiger partial charge in [0, 0.05) is 18.8 Å². The molecule has 2 rings (SSSR count). The molecule has 6 heteroatoms. The van der Waals surface area contributed by atoms with E-state index < -0.39 is 6.04 Å².